The summed E-state index contributed by atoms with van der Waals surface area (Å²) >= 11 is 5.50. The molecule has 1 N–H and O–H groups in total. The van der Waals surface area contributed by atoms with E-state index >= 15 is 0 Å². The van der Waals surface area contributed by atoms with Crippen LogP contribution in [0.15, 0.2) is 60.7 Å². The summed E-state index contributed by atoms with van der Waals surface area (Å²) < 4.78 is 0. The predicted molar refractivity (Wildman–Crippen MR) is 93.3 cm³/mol. The molecule has 2 nitrogen and oxygen atoms in total. The highest BCUT2D eigenvalue weighted by atomic mass is 32.1. The summed E-state index contributed by atoms with van der Waals surface area (Å²) in [6, 6.07) is 20.9. The van der Waals surface area contributed by atoms with Gasteiger partial charge in [0, 0.05) is 19.6 Å². The van der Waals surface area contributed by atoms with Gasteiger partial charge in [-0.3, -0.25) is 0 Å². The zero-order chi connectivity index (χ0) is 14.9. The molecular weight excluding hydrogens is 276 g/mol. The van der Waals surface area contributed by atoms with Crippen LogP contribution in [-0.2, 0) is 13.0 Å². The molecular formula is C18H22N2S. The van der Waals surface area contributed by atoms with Crippen LogP contribution in [0, 0.1) is 0 Å². The highest BCUT2D eigenvalue weighted by Crippen LogP contribution is 2.05. The van der Waals surface area contributed by atoms with E-state index < -0.39 is 0 Å². The normalized spacial score (nSPS) is 10.1. The Kier molecular flexibility index (Phi) is 6.22. The van der Waals surface area contributed by atoms with Crippen molar-refractivity contribution < 1.29 is 0 Å². The summed E-state index contributed by atoms with van der Waals surface area (Å²) in [5, 5.41) is 4.19. The van der Waals surface area contributed by atoms with Gasteiger partial charge in [-0.2, -0.15) is 0 Å². The van der Waals surface area contributed by atoms with Crippen molar-refractivity contribution in [3.63, 3.8) is 0 Å². The molecule has 0 aliphatic carbocycles. The number of nitrogens with zero attached hydrogens (tertiary/aromatic N) is 1. The molecule has 0 bridgehead atoms. The average molecular weight is 298 g/mol. The molecule has 0 saturated carbocycles. The summed E-state index contributed by atoms with van der Waals surface area (Å²) in [6.07, 6.45) is 0.990. The molecule has 21 heavy (non-hydrogen) atoms. The van der Waals surface area contributed by atoms with Gasteiger partial charge >= 0.3 is 0 Å². The van der Waals surface area contributed by atoms with Gasteiger partial charge in [0.25, 0.3) is 0 Å². The molecule has 0 aliphatic rings. The van der Waals surface area contributed by atoms with Gasteiger partial charge in [-0.05, 0) is 36.7 Å². The predicted octanol–water partition coefficient (Wildman–Crippen LogP) is 3.63. The summed E-state index contributed by atoms with van der Waals surface area (Å²) in [6.45, 7) is 4.77. The zero-order valence-electron chi connectivity index (χ0n) is 12.5. The molecule has 2 aromatic carbocycles. The largest absolute Gasteiger partial charge is 0.362 e. The highest BCUT2D eigenvalue weighted by molar-refractivity contribution is 7.80. The van der Waals surface area contributed by atoms with Crippen molar-refractivity contribution in [3.05, 3.63) is 71.8 Å². The van der Waals surface area contributed by atoms with Gasteiger partial charge in [-0.1, -0.05) is 60.7 Å². The van der Waals surface area contributed by atoms with Crippen LogP contribution >= 0.6 is 12.2 Å². The topological polar surface area (TPSA) is 15.3 Å². The maximum Gasteiger partial charge on any atom is 0.169 e. The van der Waals surface area contributed by atoms with Crippen LogP contribution in [-0.4, -0.2) is 23.1 Å². The molecule has 0 aliphatic heterocycles. The van der Waals surface area contributed by atoms with Crippen LogP contribution in [0.5, 0.6) is 0 Å². The number of rotatable bonds is 6. The van der Waals surface area contributed by atoms with Crippen molar-refractivity contribution >= 4 is 17.3 Å². The lowest BCUT2D eigenvalue weighted by molar-refractivity contribution is 0.427. The minimum atomic E-state index is 0.831. The molecule has 0 saturated heterocycles. The molecule has 0 unspecified atom stereocenters. The SMILES string of the molecule is CCN(Cc1ccccc1)C(=S)NCCc1ccccc1. The first-order valence-corrected chi connectivity index (χ1v) is 7.81. The van der Waals surface area contributed by atoms with Crippen LogP contribution < -0.4 is 5.32 Å². The summed E-state index contributed by atoms with van der Waals surface area (Å²) in [5.74, 6) is 0. The van der Waals surface area contributed by atoms with Crippen molar-refractivity contribution in [2.24, 2.45) is 0 Å². The third kappa shape index (κ3) is 5.20. The van der Waals surface area contributed by atoms with Gasteiger partial charge in [0.1, 0.15) is 0 Å². The van der Waals surface area contributed by atoms with Crippen molar-refractivity contribution in [1.82, 2.24) is 10.2 Å². The van der Waals surface area contributed by atoms with E-state index in [1.807, 2.05) is 12.1 Å². The van der Waals surface area contributed by atoms with E-state index in [4.69, 9.17) is 12.2 Å². The van der Waals surface area contributed by atoms with Crippen molar-refractivity contribution in [1.29, 1.82) is 0 Å². The van der Waals surface area contributed by atoms with Crippen LogP contribution in [0.25, 0.3) is 0 Å². The first-order valence-electron chi connectivity index (χ1n) is 7.40. The van der Waals surface area contributed by atoms with Crippen LogP contribution in [0.2, 0.25) is 0 Å². The summed E-state index contributed by atoms with van der Waals surface area (Å²) in [7, 11) is 0. The van der Waals surface area contributed by atoms with E-state index in [2.05, 4.69) is 65.7 Å². The Morgan fingerprint density at radius 1 is 0.952 bits per heavy atom. The zero-order valence-corrected chi connectivity index (χ0v) is 13.3. The Bertz CT molecular complexity index is 540. The minimum Gasteiger partial charge on any atom is -0.362 e. The van der Waals surface area contributed by atoms with E-state index in [1.54, 1.807) is 0 Å². The van der Waals surface area contributed by atoms with Crippen LogP contribution in [0.4, 0.5) is 0 Å². The minimum absolute atomic E-state index is 0.831. The molecule has 0 spiro atoms. The fourth-order valence-electron chi connectivity index (χ4n) is 2.20. The third-order valence-electron chi connectivity index (χ3n) is 3.42. The average Bonchev–Trinajstić information content (AvgIpc) is 2.54. The van der Waals surface area contributed by atoms with E-state index in [0.29, 0.717) is 0 Å². The molecule has 0 fully saturated rings. The molecule has 2 aromatic rings. The van der Waals surface area contributed by atoms with Crippen LogP contribution in [0.1, 0.15) is 18.1 Å². The van der Waals surface area contributed by atoms with Gasteiger partial charge in [0.2, 0.25) is 0 Å². The smallest absolute Gasteiger partial charge is 0.169 e. The van der Waals surface area contributed by atoms with Crippen molar-refractivity contribution in [2.45, 2.75) is 19.9 Å². The Balaban J connectivity index is 1.80. The molecule has 110 valence electrons. The summed E-state index contributed by atoms with van der Waals surface area (Å²) in [5.41, 5.74) is 2.62. The monoisotopic (exact) mass is 298 g/mol. The molecule has 3 heteroatoms. The van der Waals surface area contributed by atoms with Gasteiger partial charge in [-0.25, -0.2) is 0 Å². The first-order chi connectivity index (χ1) is 10.3. The lowest BCUT2D eigenvalue weighted by atomic mass is 10.1. The van der Waals surface area contributed by atoms with Gasteiger partial charge in [-0.15, -0.1) is 0 Å². The van der Waals surface area contributed by atoms with Crippen molar-refractivity contribution in [2.75, 3.05) is 13.1 Å². The number of thiocarbonyl (C=S) groups is 1. The number of nitrogens with one attached hydrogen (secondary N) is 1. The van der Waals surface area contributed by atoms with Crippen molar-refractivity contribution in [3.8, 4) is 0 Å². The number of hydrogen-bond acceptors (Lipinski definition) is 1. The maximum absolute atomic E-state index is 5.50. The quantitative estimate of drug-likeness (QED) is 0.820. The molecule has 2 rings (SSSR count). The molecule has 0 heterocycles. The Morgan fingerprint density at radius 2 is 1.52 bits per heavy atom. The molecule has 0 radical (unpaired) electrons. The second-order valence-electron chi connectivity index (χ2n) is 4.97. The van der Waals surface area contributed by atoms with E-state index in [0.717, 1.165) is 31.2 Å². The second kappa shape index (κ2) is 8.42. The molecule has 0 amide bonds. The Labute approximate surface area is 132 Å². The molecule has 0 aromatic heterocycles. The van der Waals surface area contributed by atoms with E-state index in [1.165, 1.54) is 11.1 Å². The Hall–Kier alpha value is -1.87. The van der Waals surface area contributed by atoms with Gasteiger partial charge in [0.15, 0.2) is 5.11 Å². The summed E-state index contributed by atoms with van der Waals surface area (Å²) in [4.78, 5) is 2.19. The van der Waals surface area contributed by atoms with Gasteiger partial charge < -0.3 is 10.2 Å². The third-order valence-corrected chi connectivity index (χ3v) is 3.82. The standard InChI is InChI=1S/C18H22N2S/c1-2-20(15-17-11-7-4-8-12-17)18(21)19-14-13-16-9-5-3-6-10-16/h3-12H,2,13-15H2,1H3,(H,19,21). The number of hydrogen-bond donors (Lipinski definition) is 1. The van der Waals surface area contributed by atoms with Crippen LogP contribution in [0.3, 0.4) is 0 Å². The second-order valence-corrected chi connectivity index (χ2v) is 5.35. The van der Waals surface area contributed by atoms with Gasteiger partial charge in [0.05, 0.1) is 0 Å². The lowest BCUT2D eigenvalue weighted by Gasteiger charge is -2.24. The maximum atomic E-state index is 5.50. The van der Waals surface area contributed by atoms with E-state index in [-0.39, 0.29) is 0 Å². The lowest BCUT2D eigenvalue weighted by Crippen LogP contribution is -2.39. The highest BCUT2D eigenvalue weighted by Gasteiger charge is 2.07. The fourth-order valence-corrected chi connectivity index (χ4v) is 2.50. The molecule has 0 atom stereocenters. The first kappa shape index (κ1) is 15.5. The Morgan fingerprint density at radius 3 is 2.10 bits per heavy atom. The number of benzene rings is 2. The fraction of sp³-hybridized carbons (Fsp3) is 0.278. The van der Waals surface area contributed by atoms with E-state index in [9.17, 15) is 0 Å².